The lowest BCUT2D eigenvalue weighted by atomic mass is 10.0. The molecule has 0 spiro atoms. The highest BCUT2D eigenvalue weighted by Gasteiger charge is 2.17. The molecule has 1 aliphatic heterocycles. The molecule has 108 valence electrons. The van der Waals surface area contributed by atoms with Crippen LogP contribution in [0.3, 0.4) is 0 Å². The summed E-state index contributed by atoms with van der Waals surface area (Å²) in [6, 6.07) is 9.10. The van der Waals surface area contributed by atoms with Crippen LogP contribution in [0.25, 0.3) is 0 Å². The van der Waals surface area contributed by atoms with Crippen molar-refractivity contribution in [3.05, 3.63) is 45.9 Å². The van der Waals surface area contributed by atoms with Crippen LogP contribution in [0.1, 0.15) is 12.0 Å². The number of carbonyl (C=O) groups excluding carboxylic acids is 1. The van der Waals surface area contributed by atoms with Crippen LogP contribution in [0, 0.1) is 0 Å². The molecule has 21 heavy (non-hydrogen) atoms. The number of nitrogens with one attached hydrogen (secondary N) is 1. The van der Waals surface area contributed by atoms with E-state index >= 15 is 0 Å². The molecular formula is C15H12Cl2N2OS. The maximum atomic E-state index is 11.5. The van der Waals surface area contributed by atoms with E-state index in [9.17, 15) is 4.79 Å². The van der Waals surface area contributed by atoms with Gasteiger partial charge >= 0.3 is 0 Å². The minimum Gasteiger partial charge on any atom is -0.398 e. The molecule has 6 heteroatoms. The van der Waals surface area contributed by atoms with Gasteiger partial charge in [0.1, 0.15) is 0 Å². The largest absolute Gasteiger partial charge is 0.398 e. The third-order valence-corrected chi connectivity index (χ3v) is 5.05. The number of rotatable bonds is 2. The van der Waals surface area contributed by atoms with E-state index in [-0.39, 0.29) is 5.91 Å². The van der Waals surface area contributed by atoms with Crippen LogP contribution in [-0.2, 0) is 11.2 Å². The second kappa shape index (κ2) is 5.79. The number of anilines is 2. The molecule has 1 amide bonds. The molecule has 1 heterocycles. The van der Waals surface area contributed by atoms with Crippen molar-refractivity contribution in [2.24, 2.45) is 0 Å². The highest BCUT2D eigenvalue weighted by molar-refractivity contribution is 7.99. The lowest BCUT2D eigenvalue weighted by Gasteiger charge is -2.19. The van der Waals surface area contributed by atoms with Gasteiger partial charge in [0.2, 0.25) is 5.91 Å². The highest BCUT2D eigenvalue weighted by atomic mass is 35.5. The lowest BCUT2D eigenvalue weighted by Crippen LogP contribution is -2.19. The number of nitrogens with two attached hydrogens (primary N) is 1. The minimum atomic E-state index is 0.0315. The summed E-state index contributed by atoms with van der Waals surface area (Å²) < 4.78 is 0. The van der Waals surface area contributed by atoms with Gasteiger partial charge in [-0.15, -0.1) is 0 Å². The number of nitrogen functional groups attached to an aromatic ring is 1. The van der Waals surface area contributed by atoms with Gasteiger partial charge in [-0.1, -0.05) is 35.0 Å². The maximum absolute atomic E-state index is 11.5. The quantitative estimate of drug-likeness (QED) is 0.786. The molecule has 0 saturated heterocycles. The Bertz CT molecular complexity index is 734. The van der Waals surface area contributed by atoms with E-state index in [4.69, 9.17) is 28.9 Å². The van der Waals surface area contributed by atoms with Crippen LogP contribution in [0.5, 0.6) is 0 Å². The van der Waals surface area contributed by atoms with Gasteiger partial charge in [-0.2, -0.15) is 0 Å². The predicted molar refractivity (Wildman–Crippen MR) is 88.4 cm³/mol. The Hall–Kier alpha value is -1.36. The molecule has 3 nitrogen and oxygen atoms in total. The highest BCUT2D eigenvalue weighted by Crippen LogP contribution is 2.40. The monoisotopic (exact) mass is 338 g/mol. The van der Waals surface area contributed by atoms with Crippen molar-refractivity contribution in [3.8, 4) is 0 Å². The molecule has 1 aliphatic rings. The first-order chi connectivity index (χ1) is 10.0. The summed E-state index contributed by atoms with van der Waals surface area (Å²) in [6.07, 6.45) is 1.22. The summed E-state index contributed by atoms with van der Waals surface area (Å²) >= 11 is 13.6. The van der Waals surface area contributed by atoms with Gasteiger partial charge in [0.25, 0.3) is 0 Å². The van der Waals surface area contributed by atoms with E-state index in [1.807, 2.05) is 12.1 Å². The van der Waals surface area contributed by atoms with E-state index in [1.54, 1.807) is 18.2 Å². The Morgan fingerprint density at radius 3 is 2.71 bits per heavy atom. The SMILES string of the molecule is Nc1cc2c(cc1Sc1cc(Cl)ccc1Cl)NC(=O)CC2. The average Bonchev–Trinajstić information content (AvgIpc) is 2.44. The normalized spacial score (nSPS) is 13.7. The Balaban J connectivity index is 1.97. The summed E-state index contributed by atoms with van der Waals surface area (Å²) in [5.41, 5.74) is 8.66. The summed E-state index contributed by atoms with van der Waals surface area (Å²) in [4.78, 5) is 13.2. The molecule has 0 radical (unpaired) electrons. The Kier molecular flexibility index (Phi) is 4.02. The fourth-order valence-electron chi connectivity index (χ4n) is 2.19. The van der Waals surface area contributed by atoms with Gasteiger partial charge in [0, 0.05) is 32.6 Å². The third-order valence-electron chi connectivity index (χ3n) is 3.24. The Morgan fingerprint density at radius 2 is 1.90 bits per heavy atom. The molecule has 0 atom stereocenters. The molecule has 0 bridgehead atoms. The van der Waals surface area contributed by atoms with Gasteiger partial charge in [0.05, 0.1) is 5.02 Å². The van der Waals surface area contributed by atoms with Crippen molar-refractivity contribution in [2.45, 2.75) is 22.6 Å². The molecule has 0 fully saturated rings. The first-order valence-corrected chi connectivity index (χ1v) is 7.95. The molecular weight excluding hydrogens is 327 g/mol. The third kappa shape index (κ3) is 3.12. The lowest BCUT2D eigenvalue weighted by molar-refractivity contribution is -0.116. The number of hydrogen-bond donors (Lipinski definition) is 2. The van der Waals surface area contributed by atoms with Crippen LogP contribution < -0.4 is 11.1 Å². The fourth-order valence-corrected chi connectivity index (χ4v) is 3.60. The first kappa shape index (κ1) is 14.6. The molecule has 0 aliphatic carbocycles. The van der Waals surface area contributed by atoms with E-state index < -0.39 is 0 Å². The number of hydrogen-bond acceptors (Lipinski definition) is 3. The molecule has 3 rings (SSSR count). The molecule has 3 N–H and O–H groups in total. The van der Waals surface area contributed by atoms with Gasteiger partial charge in [-0.05, 0) is 42.3 Å². The summed E-state index contributed by atoms with van der Waals surface area (Å²) in [5.74, 6) is 0.0315. The van der Waals surface area contributed by atoms with Crippen molar-refractivity contribution in [1.82, 2.24) is 0 Å². The van der Waals surface area contributed by atoms with Crippen LogP contribution in [0.4, 0.5) is 11.4 Å². The van der Waals surface area contributed by atoms with Crippen LogP contribution in [-0.4, -0.2) is 5.91 Å². The number of fused-ring (bicyclic) bond motifs is 1. The summed E-state index contributed by atoms with van der Waals surface area (Å²) in [5, 5.41) is 4.11. The van der Waals surface area contributed by atoms with E-state index in [0.717, 1.165) is 21.0 Å². The Morgan fingerprint density at radius 1 is 1.10 bits per heavy atom. The number of aryl methyl sites for hydroxylation is 1. The minimum absolute atomic E-state index is 0.0315. The van der Waals surface area contributed by atoms with Crippen LogP contribution in [0.2, 0.25) is 10.0 Å². The number of amides is 1. The zero-order chi connectivity index (χ0) is 15.0. The van der Waals surface area contributed by atoms with Crippen molar-refractivity contribution in [3.63, 3.8) is 0 Å². The van der Waals surface area contributed by atoms with Crippen LogP contribution >= 0.6 is 35.0 Å². The average molecular weight is 339 g/mol. The smallest absolute Gasteiger partial charge is 0.224 e. The summed E-state index contributed by atoms with van der Waals surface area (Å²) in [7, 11) is 0. The molecule has 2 aromatic rings. The second-order valence-corrected chi connectivity index (χ2v) is 6.70. The van der Waals surface area contributed by atoms with E-state index in [0.29, 0.717) is 28.6 Å². The first-order valence-electron chi connectivity index (χ1n) is 6.38. The van der Waals surface area contributed by atoms with Crippen molar-refractivity contribution >= 4 is 52.2 Å². The topological polar surface area (TPSA) is 55.1 Å². The number of benzene rings is 2. The second-order valence-electron chi connectivity index (χ2n) is 4.77. The number of halogens is 2. The molecule has 0 aromatic heterocycles. The van der Waals surface area contributed by atoms with Crippen LogP contribution in [0.15, 0.2) is 40.1 Å². The Labute approximate surface area is 136 Å². The fraction of sp³-hybridized carbons (Fsp3) is 0.133. The van der Waals surface area contributed by atoms with E-state index in [2.05, 4.69) is 5.32 Å². The van der Waals surface area contributed by atoms with Crippen molar-refractivity contribution in [1.29, 1.82) is 0 Å². The number of carbonyl (C=O) groups is 1. The summed E-state index contributed by atoms with van der Waals surface area (Å²) in [6.45, 7) is 0. The molecule has 0 saturated carbocycles. The van der Waals surface area contributed by atoms with Crippen molar-refractivity contribution in [2.75, 3.05) is 11.1 Å². The maximum Gasteiger partial charge on any atom is 0.224 e. The van der Waals surface area contributed by atoms with Crippen molar-refractivity contribution < 1.29 is 4.79 Å². The van der Waals surface area contributed by atoms with E-state index in [1.165, 1.54) is 11.8 Å². The molecule has 2 aromatic carbocycles. The van der Waals surface area contributed by atoms with Gasteiger partial charge in [0.15, 0.2) is 0 Å². The van der Waals surface area contributed by atoms with Gasteiger partial charge in [-0.25, -0.2) is 0 Å². The molecule has 0 unspecified atom stereocenters. The zero-order valence-electron chi connectivity index (χ0n) is 11.0. The predicted octanol–water partition coefficient (Wildman–Crippen LogP) is 4.61. The standard InChI is InChI=1S/C15H12Cl2N2OS/c16-9-2-3-10(17)13(6-9)21-14-7-12-8(5-11(14)18)1-4-15(20)19-12/h2-3,5-7H,1,4,18H2,(H,19,20). The zero-order valence-corrected chi connectivity index (χ0v) is 13.3. The van der Waals surface area contributed by atoms with Gasteiger partial charge in [-0.3, -0.25) is 4.79 Å². The van der Waals surface area contributed by atoms with Gasteiger partial charge < -0.3 is 11.1 Å².